The molecule has 5 nitrogen and oxygen atoms in total. The van der Waals surface area contributed by atoms with Crippen LogP contribution in [0.3, 0.4) is 0 Å². The lowest BCUT2D eigenvalue weighted by molar-refractivity contribution is 0.0520. The molecule has 6 heteroatoms. The zero-order valence-corrected chi connectivity index (χ0v) is 13.5. The monoisotopic (exact) mass is 297 g/mol. The minimum absolute atomic E-state index is 0.254. The third-order valence-corrected chi connectivity index (χ3v) is 5.02. The lowest BCUT2D eigenvalue weighted by Gasteiger charge is -2.49. The number of carbonyl (C=O) groups excluding carboxylic acids is 1. The Hall–Kier alpha value is -1.14. The van der Waals surface area contributed by atoms with Crippen molar-refractivity contribution >= 4 is 22.4 Å². The Morgan fingerprint density at radius 3 is 2.65 bits per heavy atom. The van der Waals surface area contributed by atoms with Crippen LogP contribution in [-0.2, 0) is 4.74 Å². The van der Waals surface area contributed by atoms with Crippen molar-refractivity contribution in [2.45, 2.75) is 31.7 Å². The lowest BCUT2D eigenvalue weighted by Crippen LogP contribution is -2.56. The average Bonchev–Trinajstić information content (AvgIpc) is 2.83. The molecular weight excluding hydrogens is 274 g/mol. The van der Waals surface area contributed by atoms with E-state index in [1.54, 1.807) is 12.3 Å². The average molecular weight is 297 g/mol. The van der Waals surface area contributed by atoms with E-state index < -0.39 is 0 Å². The number of hydrogen-bond acceptors (Lipinski definition) is 6. The van der Waals surface area contributed by atoms with E-state index in [0.717, 1.165) is 11.7 Å². The zero-order valence-electron chi connectivity index (χ0n) is 12.7. The quantitative estimate of drug-likeness (QED) is 0.754. The molecule has 2 rings (SSSR count). The molecule has 1 fully saturated rings. The summed E-state index contributed by atoms with van der Waals surface area (Å²) in [6, 6.07) is 0. The first-order chi connectivity index (χ1) is 9.48. The van der Waals surface area contributed by atoms with Crippen molar-refractivity contribution in [3.8, 4) is 0 Å². The Bertz CT molecular complexity index is 469. The molecule has 0 aromatic carbocycles. The molecule has 112 valence electrons. The van der Waals surface area contributed by atoms with Crippen LogP contribution in [0.5, 0.6) is 0 Å². The molecule has 1 aromatic rings. The van der Waals surface area contributed by atoms with E-state index in [-0.39, 0.29) is 11.5 Å². The van der Waals surface area contributed by atoms with Crippen molar-refractivity contribution < 1.29 is 9.53 Å². The smallest absolute Gasteiger partial charge is 0.357 e. The van der Waals surface area contributed by atoms with Crippen molar-refractivity contribution in [1.82, 2.24) is 9.88 Å². The predicted molar refractivity (Wildman–Crippen MR) is 81.6 cm³/mol. The van der Waals surface area contributed by atoms with Crippen LogP contribution in [0.25, 0.3) is 0 Å². The number of aromatic nitrogens is 1. The topological polar surface area (TPSA) is 45.7 Å². The minimum atomic E-state index is -0.339. The maximum absolute atomic E-state index is 11.6. The van der Waals surface area contributed by atoms with Gasteiger partial charge in [0.1, 0.15) is 0 Å². The molecule has 0 unspecified atom stereocenters. The third kappa shape index (κ3) is 2.96. The molecule has 1 aliphatic carbocycles. The Balaban J connectivity index is 2.02. The number of thiazole rings is 1. The van der Waals surface area contributed by atoms with Crippen LogP contribution in [0, 0.1) is 0 Å². The lowest BCUT2D eigenvalue weighted by atomic mass is 9.75. The summed E-state index contributed by atoms with van der Waals surface area (Å²) in [6.07, 6.45) is 3.73. The van der Waals surface area contributed by atoms with Crippen LogP contribution < -0.4 is 4.90 Å². The molecule has 0 bridgehead atoms. The van der Waals surface area contributed by atoms with Gasteiger partial charge in [-0.25, -0.2) is 9.78 Å². The summed E-state index contributed by atoms with van der Waals surface area (Å²) in [5.41, 5.74) is 0.663. The molecule has 0 N–H and O–H groups in total. The number of rotatable bonds is 6. The first kappa shape index (κ1) is 15.3. The number of likely N-dealkylation sites (N-methyl/N-ethyl adjacent to an activating group) is 2. The van der Waals surface area contributed by atoms with Gasteiger partial charge in [-0.05, 0) is 40.3 Å². The number of esters is 1. The third-order valence-electron chi connectivity index (χ3n) is 4.07. The van der Waals surface area contributed by atoms with E-state index >= 15 is 0 Å². The molecule has 0 spiro atoms. The van der Waals surface area contributed by atoms with E-state index in [9.17, 15) is 4.79 Å². The Labute approximate surface area is 124 Å². The summed E-state index contributed by atoms with van der Waals surface area (Å²) in [5, 5.41) is 2.65. The van der Waals surface area contributed by atoms with Gasteiger partial charge in [-0.2, -0.15) is 0 Å². The van der Waals surface area contributed by atoms with Gasteiger partial charge < -0.3 is 14.5 Å². The van der Waals surface area contributed by atoms with Crippen LogP contribution in [0.15, 0.2) is 5.38 Å². The van der Waals surface area contributed by atoms with Crippen LogP contribution in [-0.4, -0.2) is 55.7 Å². The highest BCUT2D eigenvalue weighted by Crippen LogP contribution is 2.37. The second-order valence-electron chi connectivity index (χ2n) is 5.56. The highest BCUT2D eigenvalue weighted by atomic mass is 32.1. The maximum Gasteiger partial charge on any atom is 0.357 e. The first-order valence-corrected chi connectivity index (χ1v) is 7.88. The fourth-order valence-corrected chi connectivity index (χ4v) is 3.34. The van der Waals surface area contributed by atoms with Crippen molar-refractivity contribution in [2.24, 2.45) is 0 Å². The molecule has 0 atom stereocenters. The Morgan fingerprint density at radius 1 is 1.45 bits per heavy atom. The Kier molecular flexibility index (Phi) is 4.65. The summed E-state index contributed by atoms with van der Waals surface area (Å²) in [4.78, 5) is 20.5. The summed E-state index contributed by atoms with van der Waals surface area (Å²) in [5.74, 6) is -0.339. The van der Waals surface area contributed by atoms with Crippen molar-refractivity contribution in [1.29, 1.82) is 0 Å². The zero-order chi connectivity index (χ0) is 14.8. The van der Waals surface area contributed by atoms with Crippen LogP contribution >= 0.6 is 11.3 Å². The molecule has 0 radical (unpaired) electrons. The summed E-state index contributed by atoms with van der Waals surface area (Å²) in [7, 11) is 6.31. The molecule has 20 heavy (non-hydrogen) atoms. The van der Waals surface area contributed by atoms with E-state index in [1.165, 1.54) is 30.6 Å². The molecule has 1 aliphatic rings. The van der Waals surface area contributed by atoms with Gasteiger partial charge in [0, 0.05) is 24.5 Å². The van der Waals surface area contributed by atoms with Gasteiger partial charge in [0.25, 0.3) is 0 Å². The molecule has 0 saturated heterocycles. The highest BCUT2D eigenvalue weighted by molar-refractivity contribution is 7.13. The van der Waals surface area contributed by atoms with Gasteiger partial charge >= 0.3 is 5.97 Å². The van der Waals surface area contributed by atoms with Crippen molar-refractivity contribution in [3.63, 3.8) is 0 Å². The van der Waals surface area contributed by atoms with Crippen LogP contribution in [0.2, 0.25) is 0 Å². The van der Waals surface area contributed by atoms with Crippen molar-refractivity contribution in [2.75, 3.05) is 39.2 Å². The molecular formula is C14H23N3O2S. The second kappa shape index (κ2) is 6.10. The fraction of sp³-hybridized carbons (Fsp3) is 0.714. The summed E-state index contributed by atoms with van der Waals surface area (Å²) >= 11 is 1.49. The first-order valence-electron chi connectivity index (χ1n) is 7.00. The minimum Gasteiger partial charge on any atom is -0.461 e. The predicted octanol–water partition coefficient (Wildman–Crippen LogP) is 2.24. The fourth-order valence-electron chi connectivity index (χ4n) is 2.58. The highest BCUT2D eigenvalue weighted by Gasteiger charge is 2.40. The molecule has 0 amide bonds. The molecule has 1 heterocycles. The van der Waals surface area contributed by atoms with Crippen LogP contribution in [0.4, 0.5) is 5.13 Å². The number of hydrogen-bond donors (Lipinski definition) is 0. The van der Waals surface area contributed by atoms with Crippen LogP contribution in [0.1, 0.15) is 36.7 Å². The van der Waals surface area contributed by atoms with Gasteiger partial charge in [-0.1, -0.05) is 0 Å². The van der Waals surface area contributed by atoms with Gasteiger partial charge in [-0.3, -0.25) is 0 Å². The summed E-state index contributed by atoms with van der Waals surface area (Å²) < 4.78 is 4.97. The second-order valence-corrected chi connectivity index (χ2v) is 6.40. The normalized spacial score (nSPS) is 16.9. The molecule has 0 aliphatic heterocycles. The van der Waals surface area contributed by atoms with Gasteiger partial charge in [0.2, 0.25) is 0 Å². The maximum atomic E-state index is 11.6. The SMILES string of the molecule is CCOC(=O)c1csc(N(C)CC2(N(C)C)CCC2)n1. The molecule has 1 aromatic heterocycles. The van der Waals surface area contributed by atoms with E-state index in [0.29, 0.717) is 12.3 Å². The number of anilines is 1. The number of carbonyl (C=O) groups is 1. The molecule has 1 saturated carbocycles. The number of ether oxygens (including phenoxy) is 1. The van der Waals surface area contributed by atoms with E-state index in [4.69, 9.17) is 4.74 Å². The standard InChI is InChI=1S/C14H23N3O2S/c1-5-19-12(18)11-9-20-13(15-11)17(4)10-14(16(2)3)7-6-8-14/h9H,5-8,10H2,1-4H3. The number of nitrogens with zero attached hydrogens (tertiary/aromatic N) is 3. The largest absolute Gasteiger partial charge is 0.461 e. The van der Waals surface area contributed by atoms with Gasteiger partial charge in [0.05, 0.1) is 6.61 Å². The van der Waals surface area contributed by atoms with Gasteiger partial charge in [-0.15, -0.1) is 11.3 Å². The van der Waals surface area contributed by atoms with E-state index in [1.807, 2.05) is 7.05 Å². The Morgan fingerprint density at radius 2 is 2.15 bits per heavy atom. The van der Waals surface area contributed by atoms with Crippen molar-refractivity contribution in [3.05, 3.63) is 11.1 Å². The van der Waals surface area contributed by atoms with Gasteiger partial charge in [0.15, 0.2) is 10.8 Å². The summed E-state index contributed by atoms with van der Waals surface area (Å²) in [6.45, 7) is 3.12. The van der Waals surface area contributed by atoms with E-state index in [2.05, 4.69) is 28.9 Å².